The molecule has 23 heavy (non-hydrogen) atoms. The van der Waals surface area contributed by atoms with Crippen LogP contribution in [0.2, 0.25) is 5.02 Å². The Kier molecular flexibility index (Phi) is 5.19. The number of hydrogen-bond acceptors (Lipinski definition) is 3. The molecule has 3 rings (SSSR count). The quantitative estimate of drug-likeness (QED) is 0.911. The summed E-state index contributed by atoms with van der Waals surface area (Å²) in [6.45, 7) is 7.33. The molecule has 0 radical (unpaired) electrons. The van der Waals surface area contributed by atoms with Crippen LogP contribution in [0.3, 0.4) is 0 Å². The second-order valence-electron chi connectivity index (χ2n) is 6.51. The van der Waals surface area contributed by atoms with Crippen molar-refractivity contribution in [2.24, 2.45) is 11.8 Å². The number of amides is 1. The molecule has 1 atom stereocenters. The van der Waals surface area contributed by atoms with Gasteiger partial charge in [0.1, 0.15) is 5.82 Å². The molecule has 1 unspecified atom stereocenters. The number of benzene rings is 1. The summed E-state index contributed by atoms with van der Waals surface area (Å²) in [5.74, 6) is 0.545. The van der Waals surface area contributed by atoms with E-state index >= 15 is 0 Å². The molecule has 2 heterocycles. The lowest BCUT2D eigenvalue weighted by molar-refractivity contribution is -0.139. The van der Waals surface area contributed by atoms with Crippen LogP contribution in [0.25, 0.3) is 0 Å². The SMILES string of the molecule is CC(C(=O)N1CCN(Cc2c(F)cccc2Cl)CC1)C1CNC1. The Hall–Kier alpha value is -1.17. The van der Waals surface area contributed by atoms with E-state index in [9.17, 15) is 9.18 Å². The first kappa shape index (κ1) is 16.7. The minimum Gasteiger partial charge on any atom is -0.340 e. The van der Waals surface area contributed by atoms with E-state index in [1.807, 2.05) is 11.8 Å². The summed E-state index contributed by atoms with van der Waals surface area (Å²) in [7, 11) is 0. The molecule has 126 valence electrons. The third-order valence-electron chi connectivity index (χ3n) is 5.04. The molecule has 0 aliphatic carbocycles. The molecule has 0 aromatic heterocycles. The van der Waals surface area contributed by atoms with E-state index < -0.39 is 0 Å². The van der Waals surface area contributed by atoms with Crippen molar-refractivity contribution in [1.82, 2.24) is 15.1 Å². The zero-order chi connectivity index (χ0) is 16.4. The van der Waals surface area contributed by atoms with Crippen LogP contribution in [0.1, 0.15) is 12.5 Å². The summed E-state index contributed by atoms with van der Waals surface area (Å²) in [4.78, 5) is 16.6. The van der Waals surface area contributed by atoms with E-state index in [1.165, 1.54) is 6.07 Å². The lowest BCUT2D eigenvalue weighted by Crippen LogP contribution is -2.54. The molecule has 1 aromatic rings. The van der Waals surface area contributed by atoms with Crippen LogP contribution >= 0.6 is 11.6 Å². The molecule has 0 spiro atoms. The fourth-order valence-corrected chi connectivity index (χ4v) is 3.41. The van der Waals surface area contributed by atoms with Gasteiger partial charge in [-0.1, -0.05) is 24.6 Å². The van der Waals surface area contributed by atoms with Crippen LogP contribution in [0.4, 0.5) is 4.39 Å². The Labute approximate surface area is 141 Å². The van der Waals surface area contributed by atoms with Gasteiger partial charge in [-0.2, -0.15) is 0 Å². The zero-order valence-corrected chi connectivity index (χ0v) is 14.2. The van der Waals surface area contributed by atoms with Gasteiger partial charge in [0.2, 0.25) is 5.91 Å². The maximum absolute atomic E-state index is 13.9. The maximum atomic E-state index is 13.9. The first-order valence-electron chi connectivity index (χ1n) is 8.21. The molecule has 0 bridgehead atoms. The Balaban J connectivity index is 1.53. The van der Waals surface area contributed by atoms with E-state index in [4.69, 9.17) is 11.6 Å². The predicted molar refractivity (Wildman–Crippen MR) is 88.8 cm³/mol. The van der Waals surface area contributed by atoms with E-state index in [1.54, 1.807) is 12.1 Å². The van der Waals surface area contributed by atoms with Gasteiger partial charge in [0.25, 0.3) is 0 Å². The monoisotopic (exact) mass is 339 g/mol. The third-order valence-corrected chi connectivity index (χ3v) is 5.39. The van der Waals surface area contributed by atoms with Gasteiger partial charge in [-0.3, -0.25) is 9.69 Å². The molecule has 0 saturated carbocycles. The van der Waals surface area contributed by atoms with Crippen LogP contribution in [0.5, 0.6) is 0 Å². The average Bonchev–Trinajstić information content (AvgIpc) is 2.49. The minimum absolute atomic E-state index is 0.0869. The molecule has 2 aliphatic heterocycles. The number of carbonyl (C=O) groups excluding carboxylic acids is 1. The predicted octanol–water partition coefficient (Wildman–Crippen LogP) is 1.98. The van der Waals surface area contributed by atoms with E-state index in [2.05, 4.69) is 10.2 Å². The summed E-state index contributed by atoms with van der Waals surface area (Å²) < 4.78 is 13.9. The molecule has 2 aliphatic rings. The van der Waals surface area contributed by atoms with Gasteiger partial charge in [-0.25, -0.2) is 4.39 Å². The first-order chi connectivity index (χ1) is 11.1. The van der Waals surface area contributed by atoms with Crippen LogP contribution in [-0.2, 0) is 11.3 Å². The van der Waals surface area contributed by atoms with Crippen LogP contribution in [-0.4, -0.2) is 55.0 Å². The number of piperazine rings is 1. The highest BCUT2D eigenvalue weighted by atomic mass is 35.5. The number of nitrogens with one attached hydrogen (secondary N) is 1. The van der Waals surface area contributed by atoms with Crippen molar-refractivity contribution >= 4 is 17.5 Å². The largest absolute Gasteiger partial charge is 0.340 e. The van der Waals surface area contributed by atoms with Crippen molar-refractivity contribution < 1.29 is 9.18 Å². The molecule has 2 saturated heterocycles. The smallest absolute Gasteiger partial charge is 0.225 e. The molecule has 6 heteroatoms. The molecule has 4 nitrogen and oxygen atoms in total. The number of hydrogen-bond donors (Lipinski definition) is 1. The molecule has 1 N–H and O–H groups in total. The van der Waals surface area contributed by atoms with Crippen LogP contribution in [0, 0.1) is 17.7 Å². The maximum Gasteiger partial charge on any atom is 0.225 e. The second kappa shape index (κ2) is 7.16. The van der Waals surface area contributed by atoms with E-state index in [0.29, 0.717) is 36.1 Å². The Bertz CT molecular complexity index is 551. The normalized spacial score (nSPS) is 21.1. The van der Waals surface area contributed by atoms with Crippen molar-refractivity contribution in [3.63, 3.8) is 0 Å². The van der Waals surface area contributed by atoms with Gasteiger partial charge in [-0.05, 0) is 31.1 Å². The zero-order valence-electron chi connectivity index (χ0n) is 13.4. The topological polar surface area (TPSA) is 35.6 Å². The average molecular weight is 340 g/mol. The van der Waals surface area contributed by atoms with Crippen LogP contribution in [0.15, 0.2) is 18.2 Å². The van der Waals surface area contributed by atoms with Crippen molar-refractivity contribution in [3.8, 4) is 0 Å². The second-order valence-corrected chi connectivity index (χ2v) is 6.92. The number of halogens is 2. The highest BCUT2D eigenvalue weighted by molar-refractivity contribution is 6.31. The lowest BCUT2D eigenvalue weighted by atomic mass is 9.88. The van der Waals surface area contributed by atoms with Gasteiger partial charge >= 0.3 is 0 Å². The van der Waals surface area contributed by atoms with Gasteiger partial charge < -0.3 is 10.2 Å². The van der Waals surface area contributed by atoms with Gasteiger partial charge in [-0.15, -0.1) is 0 Å². The van der Waals surface area contributed by atoms with Gasteiger partial charge in [0.15, 0.2) is 0 Å². The van der Waals surface area contributed by atoms with Crippen molar-refractivity contribution in [1.29, 1.82) is 0 Å². The molecular formula is C17H23ClFN3O. The van der Waals surface area contributed by atoms with Crippen LogP contribution < -0.4 is 5.32 Å². The Morgan fingerprint density at radius 3 is 2.61 bits per heavy atom. The number of rotatable bonds is 4. The van der Waals surface area contributed by atoms with E-state index in [-0.39, 0.29) is 17.6 Å². The minimum atomic E-state index is -0.262. The fraction of sp³-hybridized carbons (Fsp3) is 0.588. The highest BCUT2D eigenvalue weighted by Gasteiger charge is 2.32. The first-order valence-corrected chi connectivity index (χ1v) is 8.59. The Morgan fingerprint density at radius 2 is 2.04 bits per heavy atom. The number of carbonyl (C=O) groups is 1. The standard InChI is InChI=1S/C17H23ClFN3O/c1-12(13-9-20-10-13)17(23)22-7-5-21(6-8-22)11-14-15(18)3-2-4-16(14)19/h2-4,12-13,20H,5-11H2,1H3. The molecule has 1 aromatic carbocycles. The van der Waals surface area contributed by atoms with E-state index in [0.717, 1.165) is 26.2 Å². The van der Waals surface area contributed by atoms with Crippen molar-refractivity contribution in [2.45, 2.75) is 13.5 Å². The fourth-order valence-electron chi connectivity index (χ4n) is 3.19. The molecule has 1 amide bonds. The van der Waals surface area contributed by atoms with Gasteiger partial charge in [0, 0.05) is 49.2 Å². The summed E-state index contributed by atoms with van der Waals surface area (Å²) in [6.07, 6.45) is 0. The Morgan fingerprint density at radius 1 is 1.35 bits per heavy atom. The summed E-state index contributed by atoms with van der Waals surface area (Å²) in [5.41, 5.74) is 0.544. The van der Waals surface area contributed by atoms with Gasteiger partial charge in [0.05, 0.1) is 0 Å². The molecular weight excluding hydrogens is 317 g/mol. The summed E-state index contributed by atoms with van der Waals surface area (Å²) in [5, 5.41) is 3.69. The van der Waals surface area contributed by atoms with Crippen molar-refractivity contribution in [2.75, 3.05) is 39.3 Å². The lowest BCUT2D eigenvalue weighted by Gasteiger charge is -2.39. The summed E-state index contributed by atoms with van der Waals surface area (Å²) in [6, 6.07) is 4.78. The summed E-state index contributed by atoms with van der Waals surface area (Å²) >= 11 is 6.09. The third kappa shape index (κ3) is 3.67. The number of nitrogens with zero attached hydrogens (tertiary/aromatic N) is 2. The molecule has 2 fully saturated rings. The van der Waals surface area contributed by atoms with Crippen molar-refractivity contribution in [3.05, 3.63) is 34.6 Å². The highest BCUT2D eigenvalue weighted by Crippen LogP contribution is 2.23.